The Bertz CT molecular complexity index is 1490. The molecule has 2 amide bonds. The Morgan fingerprint density at radius 3 is 2.49 bits per heavy atom. The summed E-state index contributed by atoms with van der Waals surface area (Å²) in [5, 5.41) is 27.5. The lowest BCUT2D eigenvalue weighted by atomic mass is 10.0. The van der Waals surface area contributed by atoms with Crippen LogP contribution in [0.2, 0.25) is 0 Å². The number of hydrogen-bond acceptors (Lipinski definition) is 10. The number of anilines is 1. The predicted molar refractivity (Wildman–Crippen MR) is 158 cm³/mol. The van der Waals surface area contributed by atoms with Gasteiger partial charge < -0.3 is 30.0 Å². The van der Waals surface area contributed by atoms with Crippen LogP contribution in [0.25, 0.3) is 5.69 Å². The normalized spacial score (nSPS) is 18.1. The molecule has 12 nitrogen and oxygen atoms in total. The molecule has 5 rings (SSSR count). The summed E-state index contributed by atoms with van der Waals surface area (Å²) in [4.78, 5) is 23.7. The number of benzene rings is 3. The molecule has 1 aromatic heterocycles. The highest BCUT2D eigenvalue weighted by Gasteiger charge is 2.32. The Kier molecular flexibility index (Phi) is 10.3. The molecule has 3 atom stereocenters. The Labute approximate surface area is 252 Å². The van der Waals surface area contributed by atoms with E-state index in [1.54, 1.807) is 23.7 Å². The zero-order valence-corrected chi connectivity index (χ0v) is 24.3. The first-order valence-electron chi connectivity index (χ1n) is 13.8. The molecule has 4 aromatic rings. The monoisotopic (exact) mass is 604 g/mol. The van der Waals surface area contributed by atoms with Crippen molar-refractivity contribution in [1.82, 2.24) is 25.5 Å². The third-order valence-corrected chi connectivity index (χ3v) is 7.65. The number of tetrazole rings is 1. The van der Waals surface area contributed by atoms with E-state index < -0.39 is 18.3 Å². The number of hydrogen-bond donors (Lipinski definition) is 3. The van der Waals surface area contributed by atoms with Gasteiger partial charge in [-0.05, 0) is 52.7 Å². The van der Waals surface area contributed by atoms with E-state index in [-0.39, 0.29) is 32.0 Å². The van der Waals surface area contributed by atoms with Gasteiger partial charge in [0.2, 0.25) is 5.16 Å². The van der Waals surface area contributed by atoms with Crippen molar-refractivity contribution in [3.8, 4) is 5.69 Å². The molecule has 0 aliphatic carbocycles. The number of aliphatic hydroxyl groups is 1. The summed E-state index contributed by atoms with van der Waals surface area (Å²) in [7, 11) is 0. The van der Waals surface area contributed by atoms with Gasteiger partial charge in [0, 0.05) is 23.4 Å². The summed E-state index contributed by atoms with van der Waals surface area (Å²) in [5.74, 6) is 0.0721. The molecule has 0 spiro atoms. The van der Waals surface area contributed by atoms with Gasteiger partial charge in [0.1, 0.15) is 6.54 Å². The van der Waals surface area contributed by atoms with E-state index in [4.69, 9.17) is 14.2 Å². The number of nitrogens with zero attached hydrogens (tertiary/aromatic N) is 4. The lowest BCUT2D eigenvalue weighted by Crippen LogP contribution is -2.34. The van der Waals surface area contributed by atoms with Crippen LogP contribution < -0.4 is 10.6 Å². The summed E-state index contributed by atoms with van der Waals surface area (Å²) < 4.78 is 19.3. The molecule has 1 fully saturated rings. The second-order valence-corrected chi connectivity index (χ2v) is 10.6. The molecule has 1 saturated heterocycles. The van der Waals surface area contributed by atoms with Crippen molar-refractivity contribution in [2.75, 3.05) is 24.2 Å². The summed E-state index contributed by atoms with van der Waals surface area (Å²) >= 11 is 1.50. The highest BCUT2D eigenvalue weighted by molar-refractivity contribution is 7.99. The minimum absolute atomic E-state index is 0.0336. The van der Waals surface area contributed by atoms with E-state index in [9.17, 15) is 14.7 Å². The maximum Gasteiger partial charge on any atom is 0.325 e. The van der Waals surface area contributed by atoms with E-state index in [0.717, 1.165) is 22.4 Å². The highest BCUT2D eigenvalue weighted by atomic mass is 32.2. The molecule has 224 valence electrons. The van der Waals surface area contributed by atoms with Crippen molar-refractivity contribution < 1.29 is 28.9 Å². The van der Waals surface area contributed by atoms with Crippen molar-refractivity contribution in [1.29, 1.82) is 0 Å². The first kappa shape index (κ1) is 30.2. The number of rotatable bonds is 11. The molecule has 43 heavy (non-hydrogen) atoms. The summed E-state index contributed by atoms with van der Waals surface area (Å²) in [6.45, 7) is 1.69. The number of esters is 1. The fourth-order valence-corrected chi connectivity index (χ4v) is 5.36. The number of aliphatic hydroxyl groups excluding tert-OH is 1. The van der Waals surface area contributed by atoms with Crippen molar-refractivity contribution in [3.63, 3.8) is 0 Å². The van der Waals surface area contributed by atoms with Gasteiger partial charge >= 0.3 is 12.0 Å². The number of para-hydroxylation sites is 1. The number of carbonyl (C=O) groups is 2. The van der Waals surface area contributed by atoms with Crippen LogP contribution in [0.1, 0.15) is 42.4 Å². The fraction of sp³-hybridized carbons (Fsp3) is 0.300. The van der Waals surface area contributed by atoms with Gasteiger partial charge in [0.25, 0.3) is 0 Å². The van der Waals surface area contributed by atoms with E-state index in [1.807, 2.05) is 66.7 Å². The van der Waals surface area contributed by atoms with Gasteiger partial charge in [0.05, 0.1) is 31.1 Å². The van der Waals surface area contributed by atoms with Crippen molar-refractivity contribution in [2.45, 2.75) is 43.6 Å². The Morgan fingerprint density at radius 1 is 1.02 bits per heavy atom. The van der Waals surface area contributed by atoms with Crippen LogP contribution in [0.4, 0.5) is 10.5 Å². The third kappa shape index (κ3) is 8.17. The average molecular weight is 605 g/mol. The van der Waals surface area contributed by atoms with Crippen LogP contribution in [0.15, 0.2) is 84.0 Å². The first-order chi connectivity index (χ1) is 21.0. The molecule has 1 aliphatic heterocycles. The highest BCUT2D eigenvalue weighted by Crippen LogP contribution is 2.39. The standard InChI is InChI=1S/C30H32N6O6S/c1-2-40-27(38)17-31-29(39)32-23-14-12-22(13-15-23)28-41-25(16-26(42-28)21-10-8-20(18-37)9-11-21)19-43-30-33-34-35-36(30)24-6-4-3-5-7-24/h3-15,25-26,28,37H,2,16-19H2,1H3,(H2,31,32,39)/t25-,26+,28+/m1/s1. The maximum atomic E-state index is 12.2. The molecular weight excluding hydrogens is 572 g/mol. The molecule has 0 radical (unpaired) electrons. The van der Waals surface area contributed by atoms with Crippen LogP contribution in [0, 0.1) is 0 Å². The zero-order valence-electron chi connectivity index (χ0n) is 23.5. The Balaban J connectivity index is 1.27. The van der Waals surface area contributed by atoms with Gasteiger partial charge in [-0.25, -0.2) is 4.79 Å². The van der Waals surface area contributed by atoms with Crippen LogP contribution in [0.5, 0.6) is 0 Å². The lowest BCUT2D eigenvalue weighted by Gasteiger charge is -2.36. The largest absolute Gasteiger partial charge is 0.465 e. The number of carbonyl (C=O) groups excluding carboxylic acids is 2. The van der Waals surface area contributed by atoms with E-state index in [1.165, 1.54) is 11.8 Å². The molecule has 3 N–H and O–H groups in total. The summed E-state index contributed by atoms with van der Waals surface area (Å²) in [6.07, 6.45) is -0.513. The fourth-order valence-electron chi connectivity index (χ4n) is 4.45. The number of nitrogens with one attached hydrogen (secondary N) is 2. The molecule has 13 heteroatoms. The van der Waals surface area contributed by atoms with E-state index in [2.05, 4.69) is 26.2 Å². The summed E-state index contributed by atoms with van der Waals surface area (Å²) in [5.41, 5.74) is 3.98. The van der Waals surface area contributed by atoms with E-state index in [0.29, 0.717) is 23.0 Å². The van der Waals surface area contributed by atoms with Gasteiger partial charge in [-0.15, -0.1) is 5.10 Å². The van der Waals surface area contributed by atoms with E-state index >= 15 is 0 Å². The number of ether oxygens (including phenoxy) is 3. The van der Waals surface area contributed by atoms with Crippen LogP contribution >= 0.6 is 11.8 Å². The molecular formula is C30H32N6O6S. The van der Waals surface area contributed by atoms with Crippen molar-refractivity contribution in [2.24, 2.45) is 0 Å². The molecule has 0 bridgehead atoms. The van der Waals surface area contributed by atoms with Gasteiger partial charge in [-0.1, -0.05) is 66.4 Å². The Hall–Kier alpha value is -4.30. The zero-order chi connectivity index (χ0) is 30.0. The topological polar surface area (TPSA) is 150 Å². The quantitative estimate of drug-likeness (QED) is 0.168. The number of thioether (sulfide) groups is 1. The number of aromatic nitrogens is 4. The molecule has 0 unspecified atom stereocenters. The van der Waals surface area contributed by atoms with Crippen LogP contribution in [-0.2, 0) is 25.6 Å². The molecule has 1 aliphatic rings. The molecule has 2 heterocycles. The maximum absolute atomic E-state index is 12.2. The minimum atomic E-state index is -0.668. The molecule has 0 saturated carbocycles. The second kappa shape index (κ2) is 14.7. The summed E-state index contributed by atoms with van der Waals surface area (Å²) in [6, 6.07) is 24.0. The van der Waals surface area contributed by atoms with Crippen LogP contribution in [0.3, 0.4) is 0 Å². The van der Waals surface area contributed by atoms with Gasteiger partial charge in [-0.3, -0.25) is 4.79 Å². The predicted octanol–water partition coefficient (Wildman–Crippen LogP) is 4.18. The third-order valence-electron chi connectivity index (χ3n) is 6.59. The number of amides is 2. The second-order valence-electron chi connectivity index (χ2n) is 9.60. The average Bonchev–Trinajstić information content (AvgIpc) is 3.52. The van der Waals surface area contributed by atoms with Crippen LogP contribution in [-0.4, -0.2) is 62.3 Å². The Morgan fingerprint density at radius 2 is 1.77 bits per heavy atom. The van der Waals surface area contributed by atoms with Crippen molar-refractivity contribution in [3.05, 3.63) is 95.6 Å². The van der Waals surface area contributed by atoms with Crippen molar-refractivity contribution >= 4 is 29.4 Å². The van der Waals surface area contributed by atoms with Gasteiger partial charge in [-0.2, -0.15) is 4.68 Å². The smallest absolute Gasteiger partial charge is 0.325 e. The SMILES string of the molecule is CCOC(=O)CNC(=O)Nc1ccc([C@H]2O[C@@H](CSc3nnnn3-c3ccccc3)C[C@@H](c3ccc(CO)cc3)O2)cc1. The minimum Gasteiger partial charge on any atom is -0.465 e. The van der Waals surface area contributed by atoms with Gasteiger partial charge in [0.15, 0.2) is 6.29 Å². The lowest BCUT2D eigenvalue weighted by molar-refractivity contribution is -0.245. The first-order valence-corrected chi connectivity index (χ1v) is 14.8. The molecule has 3 aromatic carbocycles. The number of urea groups is 1.